The number of nitrogens with zero attached hydrogens (tertiary/aromatic N) is 1. The first kappa shape index (κ1) is 34.5. The van der Waals surface area contributed by atoms with Crippen molar-refractivity contribution in [2.24, 2.45) is 0 Å². The molecule has 1 aliphatic rings. The van der Waals surface area contributed by atoms with E-state index in [1.165, 1.54) is 44.2 Å². The summed E-state index contributed by atoms with van der Waals surface area (Å²) in [6.07, 6.45) is 1.54. The van der Waals surface area contributed by atoms with Gasteiger partial charge in [-0.05, 0) is 91.4 Å². The quantitative estimate of drug-likeness (QED) is 0.109. The van der Waals surface area contributed by atoms with Gasteiger partial charge in [-0.3, -0.25) is 19.2 Å². The number of imide groups is 1. The van der Waals surface area contributed by atoms with Gasteiger partial charge in [0.15, 0.2) is 11.5 Å². The molecule has 1 atom stereocenters. The molecule has 12 heteroatoms. The van der Waals surface area contributed by atoms with Crippen LogP contribution in [-0.4, -0.2) is 55.7 Å². The molecular weight excluding hydrogens is 646 g/mol. The summed E-state index contributed by atoms with van der Waals surface area (Å²) in [5.74, 6) is -1.26. The van der Waals surface area contributed by atoms with Crippen molar-refractivity contribution in [3.8, 4) is 11.5 Å². The highest BCUT2D eigenvalue weighted by atomic mass is 32.2. The summed E-state index contributed by atoms with van der Waals surface area (Å²) in [7, 11) is 3.02. The average molecular weight is 680 g/mol. The van der Waals surface area contributed by atoms with Crippen LogP contribution in [0.5, 0.6) is 11.5 Å². The predicted molar refractivity (Wildman–Crippen MR) is 186 cm³/mol. The SMILES string of the molecule is CCOC(=O)c1ccc(N2C(=O)CC(Sc3ccc(NC(=O)/C(=C/c4ccc(OC)c(OC)c4)NC(=O)c4ccccc4)cc3)C2=O)cc1. The third-order valence-electron chi connectivity index (χ3n) is 7.38. The molecule has 1 fully saturated rings. The van der Waals surface area contributed by atoms with Crippen LogP contribution in [-0.2, 0) is 19.1 Å². The van der Waals surface area contributed by atoms with Crippen LogP contribution in [0, 0.1) is 0 Å². The Balaban J connectivity index is 1.28. The normalized spacial score (nSPS) is 14.3. The van der Waals surface area contributed by atoms with Crippen molar-refractivity contribution in [2.45, 2.75) is 23.5 Å². The van der Waals surface area contributed by atoms with Gasteiger partial charge >= 0.3 is 5.97 Å². The number of hydrogen-bond donors (Lipinski definition) is 2. The van der Waals surface area contributed by atoms with E-state index in [4.69, 9.17) is 14.2 Å². The molecular formula is C37H33N3O8S. The lowest BCUT2D eigenvalue weighted by Crippen LogP contribution is -2.31. The van der Waals surface area contributed by atoms with Gasteiger partial charge in [0.25, 0.3) is 11.8 Å². The van der Waals surface area contributed by atoms with Crippen molar-refractivity contribution < 1.29 is 38.2 Å². The number of thioether (sulfide) groups is 1. The third kappa shape index (κ3) is 8.35. The molecule has 0 aliphatic carbocycles. The topological polar surface area (TPSA) is 140 Å². The van der Waals surface area contributed by atoms with Crippen LogP contribution in [0.2, 0.25) is 0 Å². The zero-order valence-corrected chi connectivity index (χ0v) is 27.7. The standard InChI is InChI=1S/C37H33N3O8S/c1-4-48-37(45)25-11-15-27(16-12-25)40-33(41)22-32(36(40)44)49-28-17-13-26(14-18-28)38-35(43)29(39-34(42)24-8-6-5-7-9-24)20-23-10-19-30(46-2)31(21-23)47-3/h5-21,32H,4,22H2,1-3H3,(H,38,43)(H,39,42)/b29-20-. The van der Waals surface area contributed by atoms with Crippen molar-refractivity contribution in [3.05, 3.63) is 119 Å². The molecule has 0 radical (unpaired) electrons. The zero-order valence-electron chi connectivity index (χ0n) is 26.9. The summed E-state index contributed by atoms with van der Waals surface area (Å²) < 4.78 is 15.7. The Morgan fingerprint density at radius 1 is 0.857 bits per heavy atom. The maximum absolute atomic E-state index is 13.5. The molecule has 1 heterocycles. The van der Waals surface area contributed by atoms with E-state index in [-0.39, 0.29) is 30.5 Å². The largest absolute Gasteiger partial charge is 0.493 e. The van der Waals surface area contributed by atoms with Gasteiger partial charge < -0.3 is 24.8 Å². The van der Waals surface area contributed by atoms with Crippen LogP contribution in [0.15, 0.2) is 108 Å². The number of carbonyl (C=O) groups is 5. The molecule has 0 spiro atoms. The van der Waals surface area contributed by atoms with Crippen LogP contribution in [0.4, 0.5) is 11.4 Å². The highest BCUT2D eigenvalue weighted by Crippen LogP contribution is 2.35. The van der Waals surface area contributed by atoms with Gasteiger partial charge in [-0.25, -0.2) is 9.69 Å². The summed E-state index contributed by atoms with van der Waals surface area (Å²) in [5.41, 5.74) is 2.10. The third-order valence-corrected chi connectivity index (χ3v) is 8.58. The minimum absolute atomic E-state index is 0.00697. The molecule has 4 aromatic carbocycles. The first-order valence-electron chi connectivity index (χ1n) is 15.2. The van der Waals surface area contributed by atoms with Crippen molar-refractivity contribution >= 4 is 58.8 Å². The van der Waals surface area contributed by atoms with E-state index in [1.54, 1.807) is 91.9 Å². The average Bonchev–Trinajstić information content (AvgIpc) is 3.40. The number of rotatable bonds is 12. The molecule has 49 heavy (non-hydrogen) atoms. The highest BCUT2D eigenvalue weighted by molar-refractivity contribution is 8.00. The molecule has 4 aromatic rings. The lowest BCUT2D eigenvalue weighted by atomic mass is 10.1. The molecule has 250 valence electrons. The summed E-state index contributed by atoms with van der Waals surface area (Å²) in [6, 6.07) is 26.5. The number of hydrogen-bond acceptors (Lipinski definition) is 9. The van der Waals surface area contributed by atoms with E-state index in [0.29, 0.717) is 44.5 Å². The van der Waals surface area contributed by atoms with Gasteiger partial charge in [0.2, 0.25) is 11.8 Å². The van der Waals surface area contributed by atoms with Crippen LogP contribution in [0.1, 0.15) is 39.6 Å². The number of esters is 1. The Hall–Kier alpha value is -5.88. The monoisotopic (exact) mass is 679 g/mol. The van der Waals surface area contributed by atoms with Gasteiger partial charge in [0, 0.05) is 22.6 Å². The molecule has 0 bridgehead atoms. The molecule has 1 aliphatic heterocycles. The maximum atomic E-state index is 13.5. The first-order chi connectivity index (χ1) is 23.7. The minimum atomic E-state index is -0.651. The Morgan fingerprint density at radius 3 is 2.20 bits per heavy atom. The number of carbonyl (C=O) groups excluding carboxylic acids is 5. The number of nitrogens with one attached hydrogen (secondary N) is 2. The van der Waals surface area contributed by atoms with Crippen molar-refractivity contribution in [1.82, 2.24) is 5.32 Å². The molecule has 5 rings (SSSR count). The van der Waals surface area contributed by atoms with Gasteiger partial charge in [-0.2, -0.15) is 0 Å². The van der Waals surface area contributed by atoms with Gasteiger partial charge in [-0.15, -0.1) is 11.8 Å². The maximum Gasteiger partial charge on any atom is 0.338 e. The fourth-order valence-electron chi connectivity index (χ4n) is 4.96. The van der Waals surface area contributed by atoms with Crippen molar-refractivity contribution in [3.63, 3.8) is 0 Å². The summed E-state index contributed by atoms with van der Waals surface area (Å²) >= 11 is 1.23. The minimum Gasteiger partial charge on any atom is -0.493 e. The molecule has 1 unspecified atom stereocenters. The smallest absolute Gasteiger partial charge is 0.338 e. The first-order valence-corrected chi connectivity index (χ1v) is 16.1. The van der Waals surface area contributed by atoms with Crippen molar-refractivity contribution in [2.75, 3.05) is 31.0 Å². The highest BCUT2D eigenvalue weighted by Gasteiger charge is 2.40. The second-order valence-corrected chi connectivity index (χ2v) is 11.9. The van der Waals surface area contributed by atoms with E-state index in [9.17, 15) is 24.0 Å². The van der Waals surface area contributed by atoms with E-state index >= 15 is 0 Å². The van der Waals surface area contributed by atoms with Gasteiger partial charge in [-0.1, -0.05) is 24.3 Å². The number of anilines is 2. The molecule has 4 amide bonds. The Morgan fingerprint density at radius 2 is 1.55 bits per heavy atom. The zero-order chi connectivity index (χ0) is 34.9. The van der Waals surface area contributed by atoms with E-state index < -0.39 is 23.0 Å². The lowest BCUT2D eigenvalue weighted by Gasteiger charge is -2.15. The molecule has 0 saturated carbocycles. The van der Waals surface area contributed by atoms with Crippen molar-refractivity contribution in [1.29, 1.82) is 0 Å². The van der Waals surface area contributed by atoms with E-state index in [1.807, 2.05) is 0 Å². The number of amides is 4. The summed E-state index contributed by atoms with van der Waals surface area (Å²) in [5, 5.41) is 4.86. The molecule has 0 aromatic heterocycles. The predicted octanol–water partition coefficient (Wildman–Crippen LogP) is 5.71. The van der Waals surface area contributed by atoms with Crippen LogP contribution in [0.3, 0.4) is 0 Å². The second kappa shape index (κ2) is 15.8. The van der Waals surface area contributed by atoms with Gasteiger partial charge in [0.1, 0.15) is 5.70 Å². The van der Waals surface area contributed by atoms with Crippen LogP contribution >= 0.6 is 11.8 Å². The fraction of sp³-hybridized carbons (Fsp3) is 0.162. The van der Waals surface area contributed by atoms with E-state index in [2.05, 4.69) is 10.6 Å². The van der Waals surface area contributed by atoms with Crippen LogP contribution < -0.4 is 25.0 Å². The lowest BCUT2D eigenvalue weighted by molar-refractivity contribution is -0.121. The number of benzene rings is 4. The van der Waals surface area contributed by atoms with E-state index in [0.717, 1.165) is 4.90 Å². The van der Waals surface area contributed by atoms with Crippen LogP contribution in [0.25, 0.3) is 6.08 Å². The summed E-state index contributed by atoms with van der Waals surface area (Å²) in [4.78, 5) is 66.3. The molecule has 2 N–H and O–H groups in total. The Bertz CT molecular complexity index is 1890. The molecule has 11 nitrogen and oxygen atoms in total. The summed E-state index contributed by atoms with van der Waals surface area (Å²) in [6.45, 7) is 1.95. The Kier molecular flexibility index (Phi) is 11.1. The Labute approximate surface area is 287 Å². The van der Waals surface area contributed by atoms with Gasteiger partial charge in [0.05, 0.1) is 37.3 Å². The second-order valence-electron chi connectivity index (χ2n) is 10.6. The number of methoxy groups -OCH3 is 2. The molecule has 1 saturated heterocycles. The fourth-order valence-corrected chi connectivity index (χ4v) is 6.01. The number of ether oxygens (including phenoxy) is 3.